The largest absolute Gasteiger partial charge is 0.480 e. The van der Waals surface area contributed by atoms with E-state index in [4.69, 9.17) is 21.1 Å². The maximum absolute atomic E-state index is 11.1. The zero-order valence-corrected chi connectivity index (χ0v) is 13.7. The van der Waals surface area contributed by atoms with Crippen LogP contribution >= 0.6 is 24.0 Å². The molecule has 1 heterocycles. The van der Waals surface area contributed by atoms with E-state index in [2.05, 4.69) is 10.3 Å². The van der Waals surface area contributed by atoms with Crippen molar-refractivity contribution in [2.45, 2.75) is 32.4 Å². The maximum atomic E-state index is 11.1. The number of nitrogens with one attached hydrogen (secondary N) is 1. The second-order valence-electron chi connectivity index (χ2n) is 4.71. The third-order valence-corrected chi connectivity index (χ3v) is 3.26. The molecule has 1 atom stereocenters. The molecule has 2 aromatic rings. The lowest BCUT2D eigenvalue weighted by Gasteiger charge is -2.11. The molecule has 1 aromatic heterocycles. The van der Waals surface area contributed by atoms with Gasteiger partial charge in [-0.3, -0.25) is 10.1 Å². The molecule has 1 aromatic carbocycles. The third kappa shape index (κ3) is 5.02. The van der Waals surface area contributed by atoms with Crippen LogP contribution < -0.4 is 5.32 Å². The van der Waals surface area contributed by atoms with Crippen molar-refractivity contribution in [3.63, 3.8) is 0 Å². The van der Waals surface area contributed by atoms with E-state index < -0.39 is 12.0 Å². The van der Waals surface area contributed by atoms with Crippen molar-refractivity contribution in [2.75, 3.05) is 0 Å². The molecule has 0 fully saturated rings. The number of halogens is 2. The molecule has 1 unspecified atom stereocenters. The van der Waals surface area contributed by atoms with E-state index in [-0.39, 0.29) is 12.4 Å². The van der Waals surface area contributed by atoms with Gasteiger partial charge in [0.15, 0.2) is 0 Å². The lowest BCUT2D eigenvalue weighted by atomic mass is 10.1. The zero-order chi connectivity index (χ0) is 15.2. The quantitative estimate of drug-likeness (QED) is 0.799. The SMILES string of the molecule is CCCC(NCc1coc(-c2cccc(Cl)c2)n1)C(=O)O.Cl. The Morgan fingerprint density at radius 3 is 2.91 bits per heavy atom. The van der Waals surface area contributed by atoms with Gasteiger partial charge in [-0.1, -0.05) is 31.0 Å². The summed E-state index contributed by atoms with van der Waals surface area (Å²) in [6, 6.07) is 6.65. The van der Waals surface area contributed by atoms with Crippen LogP contribution in [0.4, 0.5) is 0 Å². The van der Waals surface area contributed by atoms with Crippen LogP contribution in [0.5, 0.6) is 0 Å². The van der Waals surface area contributed by atoms with E-state index >= 15 is 0 Å². The molecular formula is C15H18Cl2N2O3. The van der Waals surface area contributed by atoms with Gasteiger partial charge in [-0.25, -0.2) is 4.98 Å². The number of oxazole rings is 1. The van der Waals surface area contributed by atoms with Gasteiger partial charge in [-0.05, 0) is 24.6 Å². The highest BCUT2D eigenvalue weighted by atomic mass is 35.5. The van der Waals surface area contributed by atoms with Crippen LogP contribution in [0.2, 0.25) is 5.02 Å². The molecule has 2 N–H and O–H groups in total. The van der Waals surface area contributed by atoms with E-state index in [1.165, 1.54) is 6.26 Å². The Labute approximate surface area is 140 Å². The average molecular weight is 345 g/mol. The molecule has 7 heteroatoms. The molecular weight excluding hydrogens is 327 g/mol. The Morgan fingerprint density at radius 1 is 1.50 bits per heavy atom. The Hall–Kier alpha value is -1.56. The monoisotopic (exact) mass is 344 g/mol. The van der Waals surface area contributed by atoms with Crippen molar-refractivity contribution in [1.29, 1.82) is 0 Å². The summed E-state index contributed by atoms with van der Waals surface area (Å²) in [5.74, 6) is -0.382. The van der Waals surface area contributed by atoms with Crippen LogP contribution in [0.15, 0.2) is 34.9 Å². The number of benzene rings is 1. The normalized spacial score (nSPS) is 11.7. The van der Waals surface area contributed by atoms with E-state index in [9.17, 15) is 4.79 Å². The highest BCUT2D eigenvalue weighted by molar-refractivity contribution is 6.30. The average Bonchev–Trinajstić information content (AvgIpc) is 2.92. The minimum Gasteiger partial charge on any atom is -0.480 e. The summed E-state index contributed by atoms with van der Waals surface area (Å²) in [6.45, 7) is 2.30. The molecule has 0 saturated heterocycles. The predicted octanol–water partition coefficient (Wildman–Crippen LogP) is 3.76. The lowest BCUT2D eigenvalue weighted by Crippen LogP contribution is -2.36. The minimum absolute atomic E-state index is 0. The molecule has 2 rings (SSSR count). The first-order valence-corrected chi connectivity index (χ1v) is 7.14. The molecule has 0 aliphatic heterocycles. The molecule has 22 heavy (non-hydrogen) atoms. The van der Waals surface area contributed by atoms with Gasteiger partial charge < -0.3 is 9.52 Å². The van der Waals surface area contributed by atoms with Gasteiger partial charge in [0.2, 0.25) is 5.89 Å². The molecule has 0 spiro atoms. The van der Waals surface area contributed by atoms with Crippen molar-refractivity contribution in [3.8, 4) is 11.5 Å². The van der Waals surface area contributed by atoms with Gasteiger partial charge in [0.05, 0.1) is 5.69 Å². The van der Waals surface area contributed by atoms with Crippen LogP contribution in [0.25, 0.3) is 11.5 Å². The van der Waals surface area contributed by atoms with Crippen molar-refractivity contribution >= 4 is 30.0 Å². The summed E-state index contributed by atoms with van der Waals surface area (Å²) in [5.41, 5.74) is 1.45. The van der Waals surface area contributed by atoms with Crippen molar-refractivity contribution < 1.29 is 14.3 Å². The van der Waals surface area contributed by atoms with Crippen LogP contribution in [0, 0.1) is 0 Å². The van der Waals surface area contributed by atoms with Crippen LogP contribution in [0.3, 0.4) is 0 Å². The lowest BCUT2D eigenvalue weighted by molar-refractivity contribution is -0.139. The first-order valence-electron chi connectivity index (χ1n) is 6.76. The summed E-state index contributed by atoms with van der Waals surface area (Å²) in [4.78, 5) is 15.4. The first-order chi connectivity index (χ1) is 10.1. The fourth-order valence-corrected chi connectivity index (χ4v) is 2.16. The number of rotatable bonds is 7. The molecule has 5 nitrogen and oxygen atoms in total. The number of aromatic nitrogens is 1. The fraction of sp³-hybridized carbons (Fsp3) is 0.333. The van der Waals surface area contributed by atoms with Crippen LogP contribution in [-0.2, 0) is 11.3 Å². The van der Waals surface area contributed by atoms with E-state index in [1.54, 1.807) is 12.1 Å². The Morgan fingerprint density at radius 2 is 2.27 bits per heavy atom. The summed E-state index contributed by atoms with van der Waals surface area (Å²) in [6.07, 6.45) is 2.90. The molecule has 0 amide bonds. The molecule has 120 valence electrons. The first kappa shape index (κ1) is 18.5. The fourth-order valence-electron chi connectivity index (χ4n) is 1.97. The smallest absolute Gasteiger partial charge is 0.320 e. The summed E-state index contributed by atoms with van der Waals surface area (Å²) in [5, 5.41) is 12.7. The standard InChI is InChI=1S/C15H17ClN2O3.ClH/c1-2-4-13(15(19)20)17-8-12-9-21-14(18-12)10-5-3-6-11(16)7-10;/h3,5-7,9,13,17H,2,4,8H2,1H3,(H,19,20);1H. The number of nitrogens with zero attached hydrogens (tertiary/aromatic N) is 1. The predicted molar refractivity (Wildman–Crippen MR) is 87.4 cm³/mol. The van der Waals surface area contributed by atoms with Crippen LogP contribution in [-0.4, -0.2) is 22.1 Å². The van der Waals surface area contributed by atoms with Crippen molar-refractivity contribution in [2.24, 2.45) is 0 Å². The van der Waals surface area contributed by atoms with Gasteiger partial charge in [-0.15, -0.1) is 12.4 Å². The summed E-state index contributed by atoms with van der Waals surface area (Å²) >= 11 is 5.93. The van der Waals surface area contributed by atoms with Crippen molar-refractivity contribution in [1.82, 2.24) is 10.3 Å². The molecule has 0 aliphatic rings. The summed E-state index contributed by atoms with van der Waals surface area (Å²) < 4.78 is 5.40. The topological polar surface area (TPSA) is 75.4 Å². The minimum atomic E-state index is -0.851. The van der Waals surface area contributed by atoms with Gasteiger partial charge >= 0.3 is 5.97 Å². The Bertz CT molecular complexity index is 616. The van der Waals surface area contributed by atoms with Crippen LogP contribution in [0.1, 0.15) is 25.5 Å². The van der Waals surface area contributed by atoms with E-state index in [1.807, 2.05) is 19.1 Å². The molecule has 0 saturated carbocycles. The number of hydrogen-bond acceptors (Lipinski definition) is 4. The van der Waals surface area contributed by atoms with E-state index in [0.717, 1.165) is 12.0 Å². The number of hydrogen-bond donors (Lipinski definition) is 2. The third-order valence-electron chi connectivity index (χ3n) is 3.03. The number of aliphatic carboxylic acids is 1. The molecule has 0 aliphatic carbocycles. The second kappa shape index (κ2) is 8.78. The van der Waals surface area contributed by atoms with E-state index in [0.29, 0.717) is 29.6 Å². The summed E-state index contributed by atoms with van der Waals surface area (Å²) in [7, 11) is 0. The zero-order valence-electron chi connectivity index (χ0n) is 12.1. The Balaban J connectivity index is 0.00000242. The highest BCUT2D eigenvalue weighted by Gasteiger charge is 2.16. The second-order valence-corrected chi connectivity index (χ2v) is 5.15. The maximum Gasteiger partial charge on any atom is 0.320 e. The molecule has 0 radical (unpaired) electrons. The van der Waals surface area contributed by atoms with Gasteiger partial charge in [-0.2, -0.15) is 0 Å². The highest BCUT2D eigenvalue weighted by Crippen LogP contribution is 2.22. The van der Waals surface area contributed by atoms with Gasteiger partial charge in [0.25, 0.3) is 0 Å². The molecule has 0 bridgehead atoms. The number of carbonyl (C=O) groups is 1. The number of carboxylic acid groups (broad SMARTS) is 1. The van der Waals surface area contributed by atoms with Gasteiger partial charge in [0, 0.05) is 17.1 Å². The Kier molecular flexibility index (Phi) is 7.38. The van der Waals surface area contributed by atoms with Gasteiger partial charge in [0.1, 0.15) is 12.3 Å². The number of carboxylic acids is 1. The van der Waals surface area contributed by atoms with Crippen molar-refractivity contribution in [3.05, 3.63) is 41.2 Å².